The van der Waals surface area contributed by atoms with Crippen molar-refractivity contribution in [2.75, 3.05) is 6.61 Å². The van der Waals surface area contributed by atoms with Crippen LogP contribution < -0.4 is 9.54 Å². The Bertz CT molecular complexity index is 948. The van der Waals surface area contributed by atoms with Crippen LogP contribution in [0.4, 0.5) is 5.82 Å². The summed E-state index contributed by atoms with van der Waals surface area (Å²) in [5.41, 5.74) is 1.08. The number of aliphatic hydroxyl groups excluding tert-OH is 2. The van der Waals surface area contributed by atoms with Gasteiger partial charge in [-0.15, -0.1) is 0 Å². The van der Waals surface area contributed by atoms with E-state index in [1.165, 1.54) is 23.6 Å². The zero-order valence-corrected chi connectivity index (χ0v) is 14.6. The third-order valence-electron chi connectivity index (χ3n) is 3.16. The molecule has 0 bridgehead atoms. The molecule has 0 saturated heterocycles. The average Bonchev–Trinajstić information content (AvgIpc) is 3.07. The third-order valence-corrected chi connectivity index (χ3v) is 4.16. The van der Waals surface area contributed by atoms with Crippen LogP contribution in [0.3, 0.4) is 0 Å². The molecule has 0 aliphatic rings. The fourth-order valence-corrected chi connectivity index (χ4v) is 2.82. The molecular formula is C14H13BClN5O3S. The Hall–Kier alpha value is -2.14. The zero-order chi connectivity index (χ0) is 17.8. The van der Waals surface area contributed by atoms with E-state index in [1.54, 1.807) is 25.2 Å². The number of H-pyrrole nitrogens is 1. The maximum absolute atomic E-state index is 9.64. The van der Waals surface area contributed by atoms with E-state index in [0.717, 1.165) is 0 Å². The van der Waals surface area contributed by atoms with Gasteiger partial charge in [0.15, 0.2) is 0 Å². The number of ether oxygens (including phenoxy) is 1. The predicted molar refractivity (Wildman–Crippen MR) is 93.4 cm³/mol. The summed E-state index contributed by atoms with van der Waals surface area (Å²) >= 11 is 7.28. The fourth-order valence-electron chi connectivity index (χ4n) is 1.90. The summed E-state index contributed by atoms with van der Waals surface area (Å²) in [6.45, 7) is 1.39. The topological polar surface area (TPSA) is 117 Å². The monoisotopic (exact) mass is 377 g/mol. The number of nitrogens with one attached hydrogen (secondary N) is 1. The summed E-state index contributed by atoms with van der Waals surface area (Å²) in [6.07, 6.45) is 3.67. The Morgan fingerprint density at radius 1 is 1.48 bits per heavy atom. The predicted octanol–water partition coefficient (Wildman–Crippen LogP) is 1.61. The van der Waals surface area contributed by atoms with Gasteiger partial charge >= 0.3 is 152 Å². The van der Waals surface area contributed by atoms with Crippen LogP contribution in [-0.2, 0) is 0 Å². The second-order valence-electron chi connectivity index (χ2n) is 4.99. The molecule has 3 aromatic heterocycles. The van der Waals surface area contributed by atoms with Crippen LogP contribution in [0.5, 0.6) is 11.5 Å². The number of hydrogen-bond donors (Lipinski definition) is 3. The van der Waals surface area contributed by atoms with E-state index < -0.39 is 6.10 Å². The first-order chi connectivity index (χ1) is 12.1. The van der Waals surface area contributed by atoms with Crippen molar-refractivity contribution in [3.63, 3.8) is 0 Å². The van der Waals surface area contributed by atoms with Crippen molar-refractivity contribution in [1.29, 1.82) is 0 Å². The molecule has 3 rings (SSSR count). The van der Waals surface area contributed by atoms with Crippen LogP contribution in [0, 0.1) is 6.92 Å². The minimum absolute atomic E-state index is 0.309. The first-order valence-electron chi connectivity index (χ1n) is 7.20. The van der Waals surface area contributed by atoms with E-state index in [0.29, 0.717) is 38.4 Å². The Morgan fingerprint density at radius 2 is 2.32 bits per heavy atom. The van der Waals surface area contributed by atoms with Crippen molar-refractivity contribution in [2.45, 2.75) is 13.0 Å². The third kappa shape index (κ3) is 4.29. The van der Waals surface area contributed by atoms with Gasteiger partial charge in [0.25, 0.3) is 0 Å². The van der Waals surface area contributed by atoms with Crippen LogP contribution in [0.25, 0.3) is 0 Å². The van der Waals surface area contributed by atoms with Crippen molar-refractivity contribution in [1.82, 2.24) is 20.2 Å². The molecule has 0 fully saturated rings. The van der Waals surface area contributed by atoms with Gasteiger partial charge in [0.2, 0.25) is 0 Å². The van der Waals surface area contributed by atoms with Crippen LogP contribution in [-0.4, -0.2) is 43.2 Å². The maximum atomic E-state index is 9.64. The molecule has 0 amide bonds. The van der Waals surface area contributed by atoms with Gasteiger partial charge in [-0.3, -0.25) is 0 Å². The Morgan fingerprint density at radius 3 is 3.08 bits per heavy atom. The van der Waals surface area contributed by atoms with E-state index in [1.807, 2.05) is 0 Å². The standard InChI is InChI=1S/C14H13BClN5O3S/c1-7-10(2-3-18-21-7)24-11-4-8(16)5-17-13(11)20-14-19-12(15-25-14)9(23)6-22/h2-5,9,22-23H,6H2,1H3,(H,17,19,20). The van der Waals surface area contributed by atoms with Gasteiger partial charge < -0.3 is 0 Å². The molecule has 1 atom stereocenters. The zero-order valence-electron chi connectivity index (χ0n) is 13.0. The molecular weight excluding hydrogens is 365 g/mol. The van der Waals surface area contributed by atoms with E-state index >= 15 is 0 Å². The van der Waals surface area contributed by atoms with Gasteiger partial charge in [0, 0.05) is 0 Å². The van der Waals surface area contributed by atoms with E-state index in [2.05, 4.69) is 25.2 Å². The molecule has 3 heterocycles. The number of aliphatic hydroxyl groups is 2. The van der Waals surface area contributed by atoms with Gasteiger partial charge in [-0.05, 0) is 0 Å². The molecule has 128 valence electrons. The molecule has 25 heavy (non-hydrogen) atoms. The van der Waals surface area contributed by atoms with E-state index in [9.17, 15) is 5.11 Å². The van der Waals surface area contributed by atoms with E-state index in [-0.39, 0.29) is 6.61 Å². The van der Waals surface area contributed by atoms with Gasteiger partial charge in [-0.2, -0.15) is 0 Å². The van der Waals surface area contributed by atoms with Crippen molar-refractivity contribution in [3.05, 3.63) is 45.6 Å². The van der Waals surface area contributed by atoms with Crippen molar-refractivity contribution >= 4 is 34.8 Å². The molecule has 0 saturated carbocycles. The van der Waals surface area contributed by atoms with Crippen LogP contribution >= 0.6 is 22.8 Å². The Labute approximate surface area is 152 Å². The normalized spacial score (nSPS) is 12.9. The Balaban J connectivity index is 1.98. The second-order valence-corrected chi connectivity index (χ2v) is 6.28. The number of rotatable bonds is 5. The summed E-state index contributed by atoms with van der Waals surface area (Å²) in [5, 5.41) is 26.7. The SMILES string of the molecule is Cc1nnccc1Oc1cc(Cl)cnc1/N=c1/[nH]c(C(O)CO)bs1. The van der Waals surface area contributed by atoms with Crippen LogP contribution in [0.15, 0.2) is 29.5 Å². The van der Waals surface area contributed by atoms with Crippen molar-refractivity contribution in [3.8, 4) is 11.5 Å². The fraction of sp³-hybridized carbons (Fsp3) is 0.214. The number of aromatic nitrogens is 4. The number of aromatic amines is 1. The van der Waals surface area contributed by atoms with Crippen LogP contribution in [0.2, 0.25) is 5.02 Å². The second kappa shape index (κ2) is 7.83. The summed E-state index contributed by atoms with van der Waals surface area (Å²) in [7, 11) is 0. The van der Waals surface area contributed by atoms with Crippen molar-refractivity contribution in [2.24, 2.45) is 4.99 Å². The van der Waals surface area contributed by atoms with E-state index in [4.69, 9.17) is 21.4 Å². The number of halogens is 1. The van der Waals surface area contributed by atoms with Crippen molar-refractivity contribution < 1.29 is 14.9 Å². The summed E-state index contributed by atoms with van der Waals surface area (Å²) < 4.78 is 5.83. The molecule has 0 radical (unpaired) electrons. The first kappa shape index (κ1) is 17.7. The number of pyridine rings is 1. The molecule has 0 aliphatic heterocycles. The van der Waals surface area contributed by atoms with Gasteiger partial charge in [0.05, 0.1) is 0 Å². The molecule has 0 aliphatic carbocycles. The van der Waals surface area contributed by atoms with Gasteiger partial charge in [-0.25, -0.2) is 0 Å². The molecule has 11 heteroatoms. The quantitative estimate of drug-likeness (QED) is 0.622. The summed E-state index contributed by atoms with van der Waals surface area (Å²) in [4.78, 5) is 12.0. The summed E-state index contributed by atoms with van der Waals surface area (Å²) in [6, 6.07) is 3.28. The molecule has 0 aromatic carbocycles. The number of hydrogen-bond acceptors (Lipinski definition) is 8. The minimum atomic E-state index is -0.986. The van der Waals surface area contributed by atoms with Crippen LogP contribution in [0.1, 0.15) is 17.4 Å². The number of nitrogens with zero attached hydrogens (tertiary/aromatic N) is 4. The average molecular weight is 378 g/mol. The number of aryl methyl sites for hydroxylation is 1. The molecule has 8 nitrogen and oxygen atoms in total. The van der Waals surface area contributed by atoms with Gasteiger partial charge in [0.1, 0.15) is 0 Å². The molecule has 1 unspecified atom stereocenters. The molecule has 0 spiro atoms. The molecule has 3 N–H and O–H groups in total. The molecule has 3 aromatic rings. The summed E-state index contributed by atoms with van der Waals surface area (Å²) in [5.74, 6) is 1.18. The first-order valence-corrected chi connectivity index (χ1v) is 8.45. The Kier molecular flexibility index (Phi) is 5.54. The van der Waals surface area contributed by atoms with Gasteiger partial charge in [-0.1, -0.05) is 0 Å².